The highest BCUT2D eigenvalue weighted by Crippen LogP contribution is 2.31. The minimum Gasteiger partial charge on any atom is -0.491 e. The number of benzene rings is 1. The molecule has 0 spiro atoms. The predicted molar refractivity (Wildman–Crippen MR) is 218 cm³/mol. The van der Waals surface area contributed by atoms with Crippen LogP contribution in [0.15, 0.2) is 59.0 Å². The molecule has 0 saturated carbocycles. The summed E-state index contributed by atoms with van der Waals surface area (Å²) in [4.78, 5) is 69.4. The smallest absolute Gasteiger partial charge is 0.278 e. The summed E-state index contributed by atoms with van der Waals surface area (Å²) in [5, 5.41) is 10.0. The van der Waals surface area contributed by atoms with E-state index in [-0.39, 0.29) is 59.8 Å². The van der Waals surface area contributed by atoms with E-state index in [0.29, 0.717) is 65.5 Å². The van der Waals surface area contributed by atoms with Crippen LogP contribution in [0.2, 0.25) is 0 Å². The highest BCUT2D eigenvalue weighted by molar-refractivity contribution is 6.48. The number of aromatic nitrogens is 7. The first-order chi connectivity index (χ1) is 27.8. The predicted octanol–water partition coefficient (Wildman–Crippen LogP) is 2.37. The number of amides is 4. The molecular formula is C38H48N14O6. The molecule has 4 heterocycles. The third kappa shape index (κ3) is 9.46. The SMILES string of the molecule is CCN=C(C(=O)Nc1nc2cc(C(N)=O)cc(OCCCCOC)c2n1C/C=C/Cn1c(NC(=O)c2cc(C)nn2CC)nc2cc(C(N)=O)cnc21)/C(N)=C(/C)N. The van der Waals surface area contributed by atoms with E-state index in [9.17, 15) is 19.2 Å². The third-order valence-corrected chi connectivity index (χ3v) is 8.80. The van der Waals surface area contributed by atoms with Gasteiger partial charge in [0, 0.05) is 57.4 Å². The lowest BCUT2D eigenvalue weighted by atomic mass is 10.1. The van der Waals surface area contributed by atoms with Crippen LogP contribution in [0.25, 0.3) is 22.2 Å². The standard InChI is InChI=1S/C38H48N14O6/c1-6-43-30(29(40)22(4)39)36(56)48-37-45-25-17-23(32(41)53)19-28(58-15-11-10-14-57-5)31(25)50(37)12-8-9-13-51-34-26(18-24(20-44-34)33(42)54)46-38(51)47-35(55)27-16-21(3)49-52(27)7-2/h8-9,16-20H,6-7,10-15,39-40H2,1-5H3,(H2,41,53)(H2,42,54)(H,45,48,56)(H,46,47,55)/b9-8+,29-22+,43-30?. The molecule has 0 radical (unpaired) electrons. The van der Waals surface area contributed by atoms with Gasteiger partial charge in [-0.15, -0.1) is 0 Å². The molecule has 0 aliphatic heterocycles. The second kappa shape index (κ2) is 18.7. The Hall–Kier alpha value is -7.09. The van der Waals surface area contributed by atoms with E-state index in [1.54, 1.807) is 59.9 Å². The van der Waals surface area contributed by atoms with Gasteiger partial charge in [-0.2, -0.15) is 5.10 Å². The molecule has 4 aromatic heterocycles. The van der Waals surface area contributed by atoms with E-state index in [1.807, 2.05) is 6.92 Å². The average molecular weight is 797 g/mol. The topological polar surface area (TPSA) is 294 Å². The molecule has 306 valence electrons. The van der Waals surface area contributed by atoms with Crippen molar-refractivity contribution in [1.29, 1.82) is 0 Å². The Morgan fingerprint density at radius 3 is 2.17 bits per heavy atom. The number of methoxy groups -OCH3 is 1. The summed E-state index contributed by atoms with van der Waals surface area (Å²) in [5.41, 5.74) is 26.2. The van der Waals surface area contributed by atoms with Crippen LogP contribution < -0.4 is 38.3 Å². The number of nitrogens with one attached hydrogen (secondary N) is 2. The van der Waals surface area contributed by atoms with E-state index in [4.69, 9.17) is 32.4 Å². The van der Waals surface area contributed by atoms with Crippen LogP contribution in [0.1, 0.15) is 70.5 Å². The molecule has 10 N–H and O–H groups in total. The van der Waals surface area contributed by atoms with Gasteiger partial charge in [-0.1, -0.05) is 12.2 Å². The number of ether oxygens (including phenoxy) is 2. The van der Waals surface area contributed by atoms with Crippen LogP contribution in [-0.4, -0.2) is 90.1 Å². The first-order valence-electron chi connectivity index (χ1n) is 18.5. The number of nitrogens with two attached hydrogens (primary N) is 4. The number of hydrogen-bond acceptors (Lipinski definition) is 13. The Balaban J connectivity index is 1.55. The van der Waals surface area contributed by atoms with Crippen molar-refractivity contribution in [2.75, 3.05) is 37.5 Å². The zero-order chi connectivity index (χ0) is 42.1. The molecule has 20 heteroatoms. The number of pyridine rings is 1. The molecule has 0 fully saturated rings. The van der Waals surface area contributed by atoms with Crippen LogP contribution in [0.3, 0.4) is 0 Å². The number of nitrogens with zero attached hydrogens (tertiary/aromatic N) is 8. The Morgan fingerprint density at radius 1 is 0.862 bits per heavy atom. The first-order valence-corrected chi connectivity index (χ1v) is 18.5. The summed E-state index contributed by atoms with van der Waals surface area (Å²) < 4.78 is 16.3. The lowest BCUT2D eigenvalue weighted by Gasteiger charge is -2.13. The fourth-order valence-electron chi connectivity index (χ4n) is 5.98. The number of aliphatic imine (C=N–C) groups is 1. The molecule has 0 aliphatic carbocycles. The third-order valence-electron chi connectivity index (χ3n) is 8.80. The molecular weight excluding hydrogens is 749 g/mol. The van der Waals surface area contributed by atoms with Gasteiger partial charge in [-0.3, -0.25) is 44.1 Å². The van der Waals surface area contributed by atoms with Gasteiger partial charge in [0.2, 0.25) is 23.7 Å². The number of fused-ring (bicyclic) bond motifs is 2. The molecule has 0 atom stereocenters. The second-order valence-electron chi connectivity index (χ2n) is 13.1. The second-order valence-corrected chi connectivity index (χ2v) is 13.1. The first kappa shape index (κ1) is 42.1. The van der Waals surface area contributed by atoms with Gasteiger partial charge in [0.1, 0.15) is 28.2 Å². The van der Waals surface area contributed by atoms with Crippen LogP contribution in [0.4, 0.5) is 11.9 Å². The Kier molecular flexibility index (Phi) is 13.6. The zero-order valence-electron chi connectivity index (χ0n) is 33.0. The van der Waals surface area contributed by atoms with Gasteiger partial charge in [-0.05, 0) is 64.8 Å². The molecule has 0 aliphatic rings. The number of allylic oxidation sites excluding steroid dienone is 3. The lowest BCUT2D eigenvalue weighted by molar-refractivity contribution is -0.110. The molecule has 4 amide bonds. The highest BCUT2D eigenvalue weighted by Gasteiger charge is 2.23. The van der Waals surface area contributed by atoms with Gasteiger partial charge in [-0.25, -0.2) is 15.0 Å². The van der Waals surface area contributed by atoms with Crippen molar-refractivity contribution in [3.05, 3.63) is 76.5 Å². The van der Waals surface area contributed by atoms with E-state index >= 15 is 0 Å². The number of aryl methyl sites for hydroxylation is 2. The van der Waals surface area contributed by atoms with E-state index < -0.39 is 23.6 Å². The summed E-state index contributed by atoms with van der Waals surface area (Å²) in [7, 11) is 1.62. The van der Waals surface area contributed by atoms with E-state index in [2.05, 4.69) is 35.7 Å². The molecule has 58 heavy (non-hydrogen) atoms. The van der Waals surface area contributed by atoms with Crippen LogP contribution >= 0.6 is 0 Å². The Labute approximate surface area is 333 Å². The summed E-state index contributed by atoms with van der Waals surface area (Å²) in [6.45, 7) is 8.80. The highest BCUT2D eigenvalue weighted by atomic mass is 16.5. The van der Waals surface area contributed by atoms with Gasteiger partial charge < -0.3 is 37.0 Å². The van der Waals surface area contributed by atoms with E-state index in [1.165, 1.54) is 24.4 Å². The van der Waals surface area contributed by atoms with Crippen molar-refractivity contribution in [1.82, 2.24) is 33.9 Å². The monoisotopic (exact) mass is 796 g/mol. The van der Waals surface area contributed by atoms with Gasteiger partial charge in [0.15, 0.2) is 5.65 Å². The molecule has 20 nitrogen and oxygen atoms in total. The normalized spacial score (nSPS) is 12.3. The van der Waals surface area contributed by atoms with Crippen LogP contribution in [0, 0.1) is 6.92 Å². The molecule has 5 aromatic rings. The van der Waals surface area contributed by atoms with Gasteiger partial charge >= 0.3 is 0 Å². The maximum Gasteiger partial charge on any atom is 0.278 e. The maximum absolute atomic E-state index is 13.7. The fourth-order valence-corrected chi connectivity index (χ4v) is 5.98. The molecule has 0 unspecified atom stereocenters. The number of primary amides is 2. The van der Waals surface area contributed by atoms with Gasteiger partial charge in [0.05, 0.1) is 29.1 Å². The molecule has 1 aromatic carbocycles. The van der Waals surface area contributed by atoms with Crippen molar-refractivity contribution in [2.24, 2.45) is 27.9 Å². The van der Waals surface area contributed by atoms with Crippen molar-refractivity contribution in [2.45, 2.75) is 60.2 Å². The van der Waals surface area contributed by atoms with Crippen LogP contribution in [0.5, 0.6) is 5.75 Å². The number of anilines is 2. The minimum atomic E-state index is -0.693. The summed E-state index contributed by atoms with van der Waals surface area (Å²) in [6, 6.07) is 6.20. The van der Waals surface area contributed by atoms with Gasteiger partial charge in [0.25, 0.3) is 11.8 Å². The number of imidazole rings is 2. The van der Waals surface area contributed by atoms with Crippen LogP contribution in [-0.2, 0) is 29.2 Å². The fraction of sp³-hybridized carbons (Fsp3) is 0.342. The number of hydrogen-bond donors (Lipinski definition) is 6. The number of rotatable bonds is 19. The quantitative estimate of drug-likeness (QED) is 0.0399. The van der Waals surface area contributed by atoms with Crippen molar-refractivity contribution < 1.29 is 28.7 Å². The van der Waals surface area contributed by atoms with Crippen molar-refractivity contribution in [3.8, 4) is 5.75 Å². The maximum atomic E-state index is 13.7. The molecule has 0 saturated heterocycles. The van der Waals surface area contributed by atoms with Crippen molar-refractivity contribution in [3.63, 3.8) is 0 Å². The minimum absolute atomic E-state index is 0.0132. The largest absolute Gasteiger partial charge is 0.491 e. The number of carbonyl (C=O) groups excluding carboxylic acids is 4. The number of carbonyl (C=O) groups is 4. The average Bonchev–Trinajstić information content (AvgIpc) is 3.86. The molecule has 5 rings (SSSR count). The summed E-state index contributed by atoms with van der Waals surface area (Å²) in [6.07, 6.45) is 6.32. The Bertz CT molecular complexity index is 2450. The van der Waals surface area contributed by atoms with E-state index in [0.717, 1.165) is 6.42 Å². The van der Waals surface area contributed by atoms with Crippen molar-refractivity contribution >= 4 is 63.4 Å². The summed E-state index contributed by atoms with van der Waals surface area (Å²) >= 11 is 0. The summed E-state index contributed by atoms with van der Waals surface area (Å²) in [5.74, 6) is -1.92. The lowest BCUT2D eigenvalue weighted by Crippen LogP contribution is -2.31. The Morgan fingerprint density at radius 2 is 1.52 bits per heavy atom. The molecule has 0 bridgehead atoms. The zero-order valence-corrected chi connectivity index (χ0v) is 33.0. The number of unbranched alkanes of at least 4 members (excludes halogenated alkanes) is 1.